The van der Waals surface area contributed by atoms with Crippen molar-refractivity contribution in [3.63, 3.8) is 0 Å². The fraction of sp³-hybridized carbons (Fsp3) is 0.562. The maximum Gasteiger partial charge on any atom is 0.242 e. The summed E-state index contributed by atoms with van der Waals surface area (Å²) in [6.45, 7) is 3.87. The second-order valence-corrected chi connectivity index (χ2v) is 6.88. The summed E-state index contributed by atoms with van der Waals surface area (Å²) in [6, 6.07) is 10.3. The molecule has 2 fully saturated rings. The van der Waals surface area contributed by atoms with Gasteiger partial charge in [0.2, 0.25) is 5.91 Å². The van der Waals surface area contributed by atoms with Crippen LogP contribution < -0.4 is 10.6 Å². The molecule has 1 aromatic carbocycles. The minimum absolute atomic E-state index is 0.146. The minimum atomic E-state index is -0.146. The largest absolute Gasteiger partial charge is 0.350 e. The zero-order chi connectivity index (χ0) is 14.5. The summed E-state index contributed by atoms with van der Waals surface area (Å²) in [6.07, 6.45) is 1.03. The number of carbonyl (C=O) groups is 1. The van der Waals surface area contributed by atoms with Crippen molar-refractivity contribution in [2.45, 2.75) is 18.5 Å². The minimum Gasteiger partial charge on any atom is -0.350 e. The lowest BCUT2D eigenvalue weighted by atomic mass is 10.0. The van der Waals surface area contributed by atoms with Crippen LogP contribution in [0.4, 0.5) is 0 Å². The fourth-order valence-corrected chi connectivity index (χ4v) is 3.99. The molecule has 1 amide bonds. The van der Waals surface area contributed by atoms with Gasteiger partial charge in [0.1, 0.15) is 6.04 Å². The van der Waals surface area contributed by atoms with Gasteiger partial charge in [-0.3, -0.25) is 9.69 Å². The molecule has 0 radical (unpaired) electrons. The Hall–Kier alpha value is -1.04. The summed E-state index contributed by atoms with van der Waals surface area (Å²) in [5.41, 5.74) is 1.10. The number of nitrogens with one attached hydrogen (secondary N) is 2. The van der Waals surface area contributed by atoms with E-state index in [1.54, 1.807) is 0 Å². The second kappa shape index (κ2) is 7.29. The molecule has 5 heteroatoms. The third-order valence-electron chi connectivity index (χ3n) is 4.18. The standard InChI is InChI=1S/C16H23N3OS/c20-16(18-14-6-7-17-12-14)15(13-4-2-1-3-5-13)19-8-10-21-11-9-19/h1-5,14-15,17H,6-12H2,(H,18,20). The quantitative estimate of drug-likeness (QED) is 0.879. The van der Waals surface area contributed by atoms with E-state index in [9.17, 15) is 4.79 Å². The monoisotopic (exact) mass is 305 g/mol. The van der Waals surface area contributed by atoms with Crippen LogP contribution in [0.1, 0.15) is 18.0 Å². The SMILES string of the molecule is O=C(NC1CCNC1)C(c1ccccc1)N1CCSCC1. The van der Waals surface area contributed by atoms with Crippen LogP contribution >= 0.6 is 11.8 Å². The van der Waals surface area contributed by atoms with E-state index in [1.807, 2.05) is 30.0 Å². The van der Waals surface area contributed by atoms with Crippen molar-refractivity contribution in [2.24, 2.45) is 0 Å². The highest BCUT2D eigenvalue weighted by molar-refractivity contribution is 7.99. The van der Waals surface area contributed by atoms with Crippen molar-refractivity contribution in [2.75, 3.05) is 37.7 Å². The smallest absolute Gasteiger partial charge is 0.242 e. The Kier molecular flexibility index (Phi) is 5.17. The zero-order valence-electron chi connectivity index (χ0n) is 12.3. The van der Waals surface area contributed by atoms with Gasteiger partial charge in [-0.2, -0.15) is 11.8 Å². The number of rotatable bonds is 4. The van der Waals surface area contributed by atoms with Crippen molar-refractivity contribution in [3.05, 3.63) is 35.9 Å². The topological polar surface area (TPSA) is 44.4 Å². The first-order valence-corrected chi connectivity index (χ1v) is 8.88. The van der Waals surface area contributed by atoms with Gasteiger partial charge < -0.3 is 10.6 Å². The highest BCUT2D eigenvalue weighted by Crippen LogP contribution is 2.24. The second-order valence-electron chi connectivity index (χ2n) is 5.66. The van der Waals surface area contributed by atoms with Crippen LogP contribution in [0.3, 0.4) is 0 Å². The average molecular weight is 305 g/mol. The molecule has 3 rings (SSSR count). The van der Waals surface area contributed by atoms with Crippen molar-refractivity contribution >= 4 is 17.7 Å². The van der Waals surface area contributed by atoms with Crippen molar-refractivity contribution < 1.29 is 4.79 Å². The van der Waals surface area contributed by atoms with Gasteiger partial charge in [-0.25, -0.2) is 0 Å². The number of hydrogen-bond donors (Lipinski definition) is 2. The van der Waals surface area contributed by atoms with Gasteiger partial charge in [0.05, 0.1) is 0 Å². The lowest BCUT2D eigenvalue weighted by Crippen LogP contribution is -2.47. The highest BCUT2D eigenvalue weighted by Gasteiger charge is 2.30. The lowest BCUT2D eigenvalue weighted by Gasteiger charge is -2.34. The van der Waals surface area contributed by atoms with E-state index in [1.165, 1.54) is 0 Å². The van der Waals surface area contributed by atoms with Gasteiger partial charge in [-0.1, -0.05) is 30.3 Å². The molecule has 0 spiro atoms. The van der Waals surface area contributed by atoms with Crippen molar-refractivity contribution in [1.82, 2.24) is 15.5 Å². The van der Waals surface area contributed by atoms with Crippen LogP contribution in [-0.2, 0) is 4.79 Å². The van der Waals surface area contributed by atoms with Gasteiger partial charge in [-0.05, 0) is 18.5 Å². The first-order chi connectivity index (χ1) is 10.3. The highest BCUT2D eigenvalue weighted by atomic mass is 32.2. The number of benzene rings is 1. The van der Waals surface area contributed by atoms with Crippen LogP contribution in [0.25, 0.3) is 0 Å². The Morgan fingerprint density at radius 2 is 2.05 bits per heavy atom. The molecule has 2 aliphatic heterocycles. The molecule has 0 saturated carbocycles. The summed E-state index contributed by atoms with van der Waals surface area (Å²) in [7, 11) is 0. The summed E-state index contributed by atoms with van der Waals surface area (Å²) in [5.74, 6) is 2.38. The third kappa shape index (κ3) is 3.78. The van der Waals surface area contributed by atoms with Gasteiger partial charge >= 0.3 is 0 Å². The van der Waals surface area contributed by atoms with Crippen LogP contribution in [0, 0.1) is 0 Å². The normalized spacial score (nSPS) is 24.7. The maximum atomic E-state index is 12.8. The van der Waals surface area contributed by atoms with Crippen molar-refractivity contribution in [3.8, 4) is 0 Å². The predicted octanol–water partition coefficient (Wildman–Crippen LogP) is 1.25. The van der Waals surface area contributed by atoms with E-state index in [4.69, 9.17) is 0 Å². The van der Waals surface area contributed by atoms with Gasteiger partial charge in [0.25, 0.3) is 0 Å². The predicted molar refractivity (Wildman–Crippen MR) is 87.5 cm³/mol. The summed E-state index contributed by atoms with van der Waals surface area (Å²) in [4.78, 5) is 15.1. The Bertz CT molecular complexity index is 456. The lowest BCUT2D eigenvalue weighted by molar-refractivity contribution is -0.127. The number of nitrogens with zero attached hydrogens (tertiary/aromatic N) is 1. The first kappa shape index (κ1) is 14.9. The molecule has 114 valence electrons. The van der Waals surface area contributed by atoms with E-state index < -0.39 is 0 Å². The first-order valence-electron chi connectivity index (χ1n) is 7.72. The van der Waals surface area contributed by atoms with Crippen molar-refractivity contribution in [1.29, 1.82) is 0 Å². The van der Waals surface area contributed by atoms with Crippen LogP contribution in [0.2, 0.25) is 0 Å². The molecule has 2 unspecified atom stereocenters. The molecule has 0 bridgehead atoms. The average Bonchev–Trinajstić information content (AvgIpc) is 3.02. The zero-order valence-corrected chi connectivity index (χ0v) is 13.1. The molecular weight excluding hydrogens is 282 g/mol. The number of amides is 1. The summed E-state index contributed by atoms with van der Waals surface area (Å²) in [5, 5.41) is 6.53. The molecule has 0 aliphatic carbocycles. The number of thioether (sulfide) groups is 1. The molecule has 2 saturated heterocycles. The number of hydrogen-bond acceptors (Lipinski definition) is 4. The van der Waals surface area contributed by atoms with E-state index in [0.717, 1.165) is 49.7 Å². The van der Waals surface area contributed by atoms with Crippen LogP contribution in [0.5, 0.6) is 0 Å². The van der Waals surface area contributed by atoms with Gasteiger partial charge in [0.15, 0.2) is 0 Å². The van der Waals surface area contributed by atoms with Gasteiger partial charge in [-0.15, -0.1) is 0 Å². The fourth-order valence-electron chi connectivity index (χ4n) is 3.06. The molecule has 21 heavy (non-hydrogen) atoms. The Morgan fingerprint density at radius 3 is 2.71 bits per heavy atom. The molecule has 2 heterocycles. The summed E-state index contributed by atoms with van der Waals surface area (Å²) >= 11 is 1.97. The molecular formula is C16H23N3OS. The molecule has 2 aliphatic rings. The third-order valence-corrected chi connectivity index (χ3v) is 5.12. The molecule has 2 N–H and O–H groups in total. The van der Waals surface area contributed by atoms with E-state index in [-0.39, 0.29) is 18.0 Å². The number of carbonyl (C=O) groups excluding carboxylic acids is 1. The Labute approximate surface area is 130 Å². The molecule has 0 aromatic heterocycles. The molecule has 2 atom stereocenters. The van der Waals surface area contributed by atoms with E-state index >= 15 is 0 Å². The maximum absolute atomic E-state index is 12.8. The van der Waals surface area contributed by atoms with E-state index in [0.29, 0.717) is 0 Å². The molecule has 1 aromatic rings. The molecule has 4 nitrogen and oxygen atoms in total. The Morgan fingerprint density at radius 1 is 1.29 bits per heavy atom. The van der Waals surface area contributed by atoms with Crippen LogP contribution in [-0.4, -0.2) is 54.5 Å². The van der Waals surface area contributed by atoms with Crippen LogP contribution in [0.15, 0.2) is 30.3 Å². The van der Waals surface area contributed by atoms with E-state index in [2.05, 4.69) is 27.7 Å². The Balaban J connectivity index is 1.75. The summed E-state index contributed by atoms with van der Waals surface area (Å²) < 4.78 is 0. The van der Waals surface area contributed by atoms with Gasteiger partial charge in [0, 0.05) is 37.2 Å².